The number of pyridine rings is 1. The van der Waals surface area contributed by atoms with Crippen molar-refractivity contribution in [3.05, 3.63) is 58.1 Å². The zero-order valence-corrected chi connectivity index (χ0v) is 13.6. The molecule has 0 bridgehead atoms. The van der Waals surface area contributed by atoms with Crippen LogP contribution in [-0.2, 0) is 6.54 Å². The molecule has 0 fully saturated rings. The van der Waals surface area contributed by atoms with E-state index in [1.54, 1.807) is 25.5 Å². The molecule has 0 aliphatic rings. The van der Waals surface area contributed by atoms with Crippen molar-refractivity contribution in [2.45, 2.75) is 20.4 Å². The van der Waals surface area contributed by atoms with Crippen LogP contribution in [0.15, 0.2) is 36.1 Å². The van der Waals surface area contributed by atoms with Crippen LogP contribution in [0.3, 0.4) is 0 Å². The van der Waals surface area contributed by atoms with E-state index in [0.717, 1.165) is 16.3 Å². The van der Waals surface area contributed by atoms with Crippen molar-refractivity contribution in [1.82, 2.24) is 25.3 Å². The molecule has 0 aliphatic carbocycles. The van der Waals surface area contributed by atoms with Crippen LogP contribution in [0.5, 0.6) is 0 Å². The van der Waals surface area contributed by atoms with Crippen LogP contribution in [0.25, 0.3) is 11.4 Å². The molecular formula is C16H15N5OS. The Kier molecular flexibility index (Phi) is 4.38. The van der Waals surface area contributed by atoms with Gasteiger partial charge in [-0.1, -0.05) is 0 Å². The van der Waals surface area contributed by atoms with E-state index in [4.69, 9.17) is 0 Å². The summed E-state index contributed by atoms with van der Waals surface area (Å²) in [6.07, 6.45) is 4.94. The van der Waals surface area contributed by atoms with Gasteiger partial charge >= 0.3 is 0 Å². The molecule has 0 aliphatic heterocycles. The lowest BCUT2D eigenvalue weighted by molar-refractivity contribution is 0.0949. The molecule has 0 spiro atoms. The third-order valence-corrected chi connectivity index (χ3v) is 4.18. The molecule has 3 rings (SSSR count). The fourth-order valence-corrected chi connectivity index (χ4v) is 2.77. The number of nitrogens with zero attached hydrogens (tertiary/aromatic N) is 4. The van der Waals surface area contributed by atoms with Crippen molar-refractivity contribution < 1.29 is 4.79 Å². The molecule has 1 amide bonds. The minimum absolute atomic E-state index is 0.201. The molecule has 1 N–H and O–H groups in total. The summed E-state index contributed by atoms with van der Waals surface area (Å²) in [4.78, 5) is 29.3. The predicted octanol–water partition coefficient (Wildman–Crippen LogP) is 2.54. The van der Waals surface area contributed by atoms with Crippen molar-refractivity contribution in [3.63, 3.8) is 0 Å². The average molecular weight is 325 g/mol. The third-order valence-electron chi connectivity index (χ3n) is 3.21. The molecule has 23 heavy (non-hydrogen) atoms. The Morgan fingerprint density at radius 3 is 2.78 bits per heavy atom. The zero-order chi connectivity index (χ0) is 16.2. The molecule has 0 radical (unpaired) electrons. The molecule has 116 valence electrons. The summed E-state index contributed by atoms with van der Waals surface area (Å²) in [6.45, 7) is 4.13. The summed E-state index contributed by atoms with van der Waals surface area (Å²) in [6, 6.07) is 3.71. The molecule has 0 atom stereocenters. The van der Waals surface area contributed by atoms with Crippen molar-refractivity contribution >= 4 is 17.2 Å². The summed E-state index contributed by atoms with van der Waals surface area (Å²) in [5.41, 5.74) is 2.87. The van der Waals surface area contributed by atoms with Crippen LogP contribution in [0, 0.1) is 13.8 Å². The summed E-state index contributed by atoms with van der Waals surface area (Å²) in [5.74, 6) is 0.357. The molecule has 3 aromatic rings. The normalized spacial score (nSPS) is 10.5. The number of hydrogen-bond donors (Lipinski definition) is 1. The Morgan fingerprint density at radius 1 is 1.26 bits per heavy atom. The molecule has 0 aromatic carbocycles. The van der Waals surface area contributed by atoms with E-state index >= 15 is 0 Å². The van der Waals surface area contributed by atoms with Gasteiger partial charge in [0.1, 0.15) is 5.01 Å². The number of aromatic nitrogens is 4. The van der Waals surface area contributed by atoms with Gasteiger partial charge in [-0.3, -0.25) is 9.78 Å². The monoisotopic (exact) mass is 325 g/mol. The van der Waals surface area contributed by atoms with Crippen molar-refractivity contribution in [3.8, 4) is 11.4 Å². The second-order valence-corrected chi connectivity index (χ2v) is 5.94. The van der Waals surface area contributed by atoms with E-state index < -0.39 is 0 Å². The second-order valence-electron chi connectivity index (χ2n) is 5.00. The zero-order valence-electron chi connectivity index (χ0n) is 12.8. The van der Waals surface area contributed by atoms with Gasteiger partial charge in [-0.15, -0.1) is 11.3 Å². The predicted molar refractivity (Wildman–Crippen MR) is 88.0 cm³/mol. The molecule has 0 saturated carbocycles. The fraction of sp³-hybridized carbons (Fsp3) is 0.188. The van der Waals surface area contributed by atoms with Gasteiger partial charge in [-0.05, 0) is 26.0 Å². The number of hydrogen-bond acceptors (Lipinski definition) is 6. The Morgan fingerprint density at radius 2 is 2.13 bits per heavy atom. The van der Waals surface area contributed by atoms with Gasteiger partial charge in [0.15, 0.2) is 5.82 Å². The molecule has 0 unspecified atom stereocenters. The Bertz CT molecular complexity index is 831. The first-order chi connectivity index (χ1) is 11.1. The molecule has 0 saturated heterocycles. The number of aryl methyl sites for hydroxylation is 2. The number of amides is 1. The Balaban J connectivity index is 1.74. The van der Waals surface area contributed by atoms with Crippen LogP contribution in [-0.4, -0.2) is 25.8 Å². The van der Waals surface area contributed by atoms with Crippen molar-refractivity contribution in [2.24, 2.45) is 0 Å². The molecular weight excluding hydrogens is 310 g/mol. The summed E-state index contributed by atoms with van der Waals surface area (Å²) in [7, 11) is 0. The molecule has 3 aromatic heterocycles. The first-order valence-corrected chi connectivity index (χ1v) is 7.94. The van der Waals surface area contributed by atoms with E-state index in [0.29, 0.717) is 23.6 Å². The smallest absolute Gasteiger partial charge is 0.255 e. The SMILES string of the molecule is Cc1csc(CNC(=O)c2cnc(-c3cccnc3)nc2C)n1. The summed E-state index contributed by atoms with van der Waals surface area (Å²) >= 11 is 1.53. The first kappa shape index (κ1) is 15.2. The van der Waals surface area contributed by atoms with Gasteiger partial charge in [0.05, 0.1) is 17.8 Å². The van der Waals surface area contributed by atoms with Crippen molar-refractivity contribution in [2.75, 3.05) is 0 Å². The Labute approximate surface area is 137 Å². The van der Waals surface area contributed by atoms with Crippen LogP contribution < -0.4 is 5.32 Å². The number of nitrogens with one attached hydrogen (secondary N) is 1. The molecule has 7 heteroatoms. The lowest BCUT2D eigenvalue weighted by Gasteiger charge is -2.07. The quantitative estimate of drug-likeness (QED) is 0.797. The third kappa shape index (κ3) is 3.57. The van der Waals surface area contributed by atoms with Gasteiger partial charge in [0.25, 0.3) is 5.91 Å². The summed E-state index contributed by atoms with van der Waals surface area (Å²) < 4.78 is 0. The van der Waals surface area contributed by atoms with E-state index in [2.05, 4.69) is 25.3 Å². The van der Waals surface area contributed by atoms with Crippen LogP contribution in [0.1, 0.15) is 26.8 Å². The topological polar surface area (TPSA) is 80.7 Å². The van der Waals surface area contributed by atoms with Gasteiger partial charge in [-0.25, -0.2) is 15.0 Å². The highest BCUT2D eigenvalue weighted by Crippen LogP contribution is 2.15. The largest absolute Gasteiger partial charge is 0.345 e. The number of rotatable bonds is 4. The maximum atomic E-state index is 12.3. The molecule has 6 nitrogen and oxygen atoms in total. The average Bonchev–Trinajstić information content (AvgIpc) is 2.99. The second kappa shape index (κ2) is 6.62. The minimum Gasteiger partial charge on any atom is -0.345 e. The lowest BCUT2D eigenvalue weighted by atomic mass is 10.2. The van der Waals surface area contributed by atoms with Gasteiger partial charge in [0, 0.05) is 35.2 Å². The maximum absolute atomic E-state index is 12.3. The Hall–Kier alpha value is -2.67. The molecule has 3 heterocycles. The number of carbonyl (C=O) groups is 1. The van der Waals surface area contributed by atoms with Crippen LogP contribution in [0.4, 0.5) is 0 Å². The standard InChI is InChI=1S/C16H15N5OS/c1-10-9-23-14(20-10)8-19-16(22)13-7-18-15(21-11(13)2)12-4-3-5-17-6-12/h3-7,9H,8H2,1-2H3,(H,19,22). The van der Waals surface area contributed by atoms with E-state index in [1.165, 1.54) is 11.3 Å². The highest BCUT2D eigenvalue weighted by atomic mass is 32.1. The highest BCUT2D eigenvalue weighted by Gasteiger charge is 2.13. The van der Waals surface area contributed by atoms with Crippen LogP contribution in [0.2, 0.25) is 0 Å². The lowest BCUT2D eigenvalue weighted by Crippen LogP contribution is -2.24. The van der Waals surface area contributed by atoms with Gasteiger partial charge in [-0.2, -0.15) is 0 Å². The van der Waals surface area contributed by atoms with E-state index in [1.807, 2.05) is 24.4 Å². The van der Waals surface area contributed by atoms with E-state index in [9.17, 15) is 4.79 Å². The van der Waals surface area contributed by atoms with Gasteiger partial charge < -0.3 is 5.32 Å². The van der Waals surface area contributed by atoms with Crippen molar-refractivity contribution in [1.29, 1.82) is 0 Å². The first-order valence-electron chi connectivity index (χ1n) is 7.07. The number of carbonyl (C=O) groups excluding carboxylic acids is 1. The van der Waals surface area contributed by atoms with Gasteiger partial charge in [0.2, 0.25) is 0 Å². The fourth-order valence-electron chi connectivity index (χ4n) is 2.06. The van der Waals surface area contributed by atoms with E-state index in [-0.39, 0.29) is 5.91 Å². The summed E-state index contributed by atoms with van der Waals surface area (Å²) in [5, 5.41) is 5.68. The maximum Gasteiger partial charge on any atom is 0.255 e. The van der Waals surface area contributed by atoms with Crippen LogP contribution >= 0.6 is 11.3 Å². The number of thiazole rings is 1. The highest BCUT2D eigenvalue weighted by molar-refractivity contribution is 7.09. The minimum atomic E-state index is -0.201.